The lowest BCUT2D eigenvalue weighted by atomic mass is 9.99. The Labute approximate surface area is 78.4 Å². The third-order valence-corrected chi connectivity index (χ3v) is 3.19. The molecule has 12 heavy (non-hydrogen) atoms. The van der Waals surface area contributed by atoms with Crippen LogP contribution in [0.5, 0.6) is 0 Å². The number of hydrogen-bond acceptors (Lipinski definition) is 2. The first-order valence-electron chi connectivity index (χ1n) is 4.72. The molecule has 0 aromatic carbocycles. The van der Waals surface area contributed by atoms with Gasteiger partial charge in [-0.2, -0.15) is 0 Å². The minimum Gasteiger partial charge on any atom is -0.333 e. The summed E-state index contributed by atoms with van der Waals surface area (Å²) in [6.45, 7) is 0. The van der Waals surface area contributed by atoms with Crippen LogP contribution >= 0.6 is 11.9 Å². The largest absolute Gasteiger partial charge is 0.333 e. The molecule has 0 aromatic heterocycles. The summed E-state index contributed by atoms with van der Waals surface area (Å²) in [5, 5.41) is 2.13. The van der Waals surface area contributed by atoms with Crippen molar-refractivity contribution in [1.29, 1.82) is 0 Å². The van der Waals surface area contributed by atoms with Crippen LogP contribution in [0, 0.1) is 5.92 Å². The van der Waals surface area contributed by atoms with E-state index in [-0.39, 0.29) is 0 Å². The molecule has 1 N–H and O–H groups in total. The molecule has 0 radical (unpaired) electrons. The van der Waals surface area contributed by atoms with E-state index in [1.807, 2.05) is 0 Å². The Balaban J connectivity index is 1.85. The van der Waals surface area contributed by atoms with E-state index < -0.39 is 0 Å². The Hall–Kier alpha value is -0.370. The van der Waals surface area contributed by atoms with Gasteiger partial charge in [0.15, 0.2) is 0 Å². The van der Waals surface area contributed by atoms with Crippen molar-refractivity contribution in [3.05, 3.63) is 23.3 Å². The monoisotopic (exact) mass is 181 g/mol. The van der Waals surface area contributed by atoms with Gasteiger partial charge in [0.2, 0.25) is 0 Å². The van der Waals surface area contributed by atoms with Crippen LogP contribution in [0.2, 0.25) is 0 Å². The minimum absolute atomic E-state index is 0.964. The molecular weight excluding hydrogens is 166 g/mol. The highest BCUT2D eigenvalue weighted by Gasteiger charge is 2.15. The van der Waals surface area contributed by atoms with E-state index in [9.17, 15) is 0 Å². The molecule has 2 aliphatic rings. The van der Waals surface area contributed by atoms with Gasteiger partial charge in [0, 0.05) is 6.20 Å². The predicted octanol–water partition coefficient (Wildman–Crippen LogP) is 3.22. The predicted molar refractivity (Wildman–Crippen MR) is 54.5 cm³/mol. The molecule has 1 aliphatic carbocycles. The highest BCUT2D eigenvalue weighted by atomic mass is 32.2. The lowest BCUT2D eigenvalue weighted by molar-refractivity contribution is 0.548. The Morgan fingerprint density at radius 1 is 1.42 bits per heavy atom. The van der Waals surface area contributed by atoms with Crippen molar-refractivity contribution >= 4 is 11.9 Å². The molecule has 0 saturated heterocycles. The van der Waals surface area contributed by atoms with Crippen LogP contribution in [0.1, 0.15) is 32.1 Å². The highest BCUT2D eigenvalue weighted by Crippen LogP contribution is 2.31. The van der Waals surface area contributed by atoms with Gasteiger partial charge in [0.25, 0.3) is 0 Å². The fourth-order valence-electron chi connectivity index (χ4n) is 1.99. The summed E-state index contributed by atoms with van der Waals surface area (Å²) in [4.78, 5) is 0. The molecular formula is C10H15NS. The van der Waals surface area contributed by atoms with Crippen molar-refractivity contribution in [2.75, 3.05) is 0 Å². The van der Waals surface area contributed by atoms with Crippen LogP contribution in [-0.4, -0.2) is 0 Å². The van der Waals surface area contributed by atoms with E-state index in [2.05, 4.69) is 22.4 Å². The zero-order chi connectivity index (χ0) is 8.23. The average molecular weight is 181 g/mol. The molecule has 1 heterocycles. The zero-order valence-corrected chi connectivity index (χ0v) is 8.07. The third kappa shape index (κ3) is 2.07. The van der Waals surface area contributed by atoms with Crippen molar-refractivity contribution in [1.82, 2.24) is 4.72 Å². The van der Waals surface area contributed by atoms with Crippen LogP contribution in [0.15, 0.2) is 23.3 Å². The molecule has 0 unspecified atom stereocenters. The normalized spacial score (nSPS) is 23.8. The van der Waals surface area contributed by atoms with Gasteiger partial charge in [-0.3, -0.25) is 0 Å². The molecule has 0 spiro atoms. The van der Waals surface area contributed by atoms with Crippen molar-refractivity contribution in [3.8, 4) is 0 Å². The summed E-state index contributed by atoms with van der Waals surface area (Å²) in [6.07, 6.45) is 11.4. The van der Waals surface area contributed by atoms with Crippen LogP contribution in [0.3, 0.4) is 0 Å². The van der Waals surface area contributed by atoms with E-state index in [4.69, 9.17) is 0 Å². The number of hydrogen-bond donors (Lipinski definition) is 1. The van der Waals surface area contributed by atoms with Crippen LogP contribution in [0.4, 0.5) is 0 Å². The summed E-state index contributed by atoms with van der Waals surface area (Å²) in [6, 6.07) is 0. The smallest absolute Gasteiger partial charge is 0.0108 e. The molecule has 0 atom stereocenters. The maximum absolute atomic E-state index is 3.18. The third-order valence-electron chi connectivity index (χ3n) is 2.66. The Morgan fingerprint density at radius 2 is 2.25 bits per heavy atom. The summed E-state index contributed by atoms with van der Waals surface area (Å²) < 4.78 is 3.18. The molecule has 1 aliphatic heterocycles. The van der Waals surface area contributed by atoms with Crippen LogP contribution in [-0.2, 0) is 0 Å². The Bertz CT molecular complexity index is 202. The first kappa shape index (κ1) is 8.24. The van der Waals surface area contributed by atoms with E-state index >= 15 is 0 Å². The minimum atomic E-state index is 0.964. The SMILES string of the molecule is C1=CC(CC2CCCC2)=CNS1. The summed E-state index contributed by atoms with van der Waals surface area (Å²) in [5.41, 5.74) is 1.47. The van der Waals surface area contributed by atoms with Gasteiger partial charge in [-0.1, -0.05) is 25.7 Å². The second-order valence-electron chi connectivity index (χ2n) is 3.61. The average Bonchev–Trinajstić information content (AvgIpc) is 2.59. The van der Waals surface area contributed by atoms with Crippen molar-refractivity contribution in [2.45, 2.75) is 32.1 Å². The van der Waals surface area contributed by atoms with E-state index in [0.29, 0.717) is 0 Å². The summed E-state index contributed by atoms with van der Waals surface area (Å²) >= 11 is 1.65. The fraction of sp³-hybridized carbons (Fsp3) is 0.600. The molecule has 66 valence electrons. The van der Waals surface area contributed by atoms with Gasteiger partial charge < -0.3 is 4.72 Å². The van der Waals surface area contributed by atoms with Gasteiger partial charge >= 0.3 is 0 Å². The molecule has 0 aromatic rings. The van der Waals surface area contributed by atoms with Crippen LogP contribution < -0.4 is 4.72 Å². The van der Waals surface area contributed by atoms with Gasteiger partial charge in [0.1, 0.15) is 0 Å². The molecule has 2 rings (SSSR count). The molecule has 2 heteroatoms. The first-order valence-corrected chi connectivity index (χ1v) is 5.60. The van der Waals surface area contributed by atoms with Crippen molar-refractivity contribution in [2.24, 2.45) is 5.92 Å². The first-order chi connectivity index (χ1) is 5.95. The maximum Gasteiger partial charge on any atom is 0.0108 e. The summed E-state index contributed by atoms with van der Waals surface area (Å²) in [7, 11) is 0. The highest BCUT2D eigenvalue weighted by molar-refractivity contribution is 8.00. The second-order valence-corrected chi connectivity index (χ2v) is 4.36. The maximum atomic E-state index is 3.18. The Kier molecular flexibility index (Phi) is 2.77. The number of nitrogens with one attached hydrogen (secondary N) is 1. The van der Waals surface area contributed by atoms with Gasteiger partial charge in [-0.05, 0) is 41.3 Å². The molecule has 1 fully saturated rings. The molecule has 0 amide bonds. The topological polar surface area (TPSA) is 12.0 Å². The molecule has 1 nitrogen and oxygen atoms in total. The van der Waals surface area contributed by atoms with Gasteiger partial charge in [-0.25, -0.2) is 0 Å². The van der Waals surface area contributed by atoms with Crippen LogP contribution in [0.25, 0.3) is 0 Å². The van der Waals surface area contributed by atoms with Gasteiger partial charge in [-0.15, -0.1) is 0 Å². The fourth-order valence-corrected chi connectivity index (χ4v) is 2.53. The van der Waals surface area contributed by atoms with Gasteiger partial charge in [0.05, 0.1) is 0 Å². The van der Waals surface area contributed by atoms with E-state index in [1.165, 1.54) is 37.7 Å². The second kappa shape index (κ2) is 4.04. The number of allylic oxidation sites excluding steroid dienone is 2. The number of rotatable bonds is 2. The zero-order valence-electron chi connectivity index (χ0n) is 7.25. The quantitative estimate of drug-likeness (QED) is 0.656. The van der Waals surface area contributed by atoms with E-state index in [1.54, 1.807) is 11.9 Å². The molecule has 0 bridgehead atoms. The lowest BCUT2D eigenvalue weighted by Gasteiger charge is -2.12. The molecule has 1 saturated carbocycles. The summed E-state index contributed by atoms with van der Waals surface area (Å²) in [5.74, 6) is 0.964. The van der Waals surface area contributed by atoms with E-state index in [0.717, 1.165) is 5.92 Å². The van der Waals surface area contributed by atoms with Crippen molar-refractivity contribution < 1.29 is 0 Å². The Morgan fingerprint density at radius 3 is 2.92 bits per heavy atom. The standard InChI is InChI=1S/C10H15NS/c1-2-4-9(3-1)7-10-5-6-12-11-8-10/h5-6,8-9,11H,1-4,7H2. The van der Waals surface area contributed by atoms with Crippen molar-refractivity contribution in [3.63, 3.8) is 0 Å². The lowest BCUT2D eigenvalue weighted by Crippen LogP contribution is -2.00.